The topological polar surface area (TPSA) is 74.8 Å². The monoisotopic (exact) mass is 285 g/mol. The van der Waals surface area contributed by atoms with Crippen LogP contribution in [0.2, 0.25) is 0 Å². The second-order valence-electron chi connectivity index (χ2n) is 5.16. The van der Waals surface area contributed by atoms with Crippen molar-refractivity contribution in [1.82, 2.24) is 15.3 Å². The zero-order chi connectivity index (χ0) is 15.6. The first-order valence-corrected chi connectivity index (χ1v) is 6.82. The fourth-order valence-electron chi connectivity index (χ4n) is 2.49. The van der Waals surface area contributed by atoms with Gasteiger partial charge in [0.1, 0.15) is 5.69 Å². The molecule has 1 amide bonds. The molecule has 1 atom stereocenters. The number of H-pyrrole nitrogens is 1. The largest absolute Gasteiger partial charge is 0.354 e. The molecule has 0 saturated carbocycles. The Morgan fingerprint density at radius 1 is 1.33 bits per heavy atom. The Bertz CT molecular complexity index is 674. The fourth-order valence-corrected chi connectivity index (χ4v) is 2.49. The molecule has 1 unspecified atom stereocenters. The van der Waals surface area contributed by atoms with Crippen LogP contribution < -0.4 is 5.32 Å². The summed E-state index contributed by atoms with van der Waals surface area (Å²) >= 11 is 0. The lowest BCUT2D eigenvalue weighted by Crippen LogP contribution is -2.27. The van der Waals surface area contributed by atoms with Gasteiger partial charge in [-0.25, -0.2) is 0 Å². The van der Waals surface area contributed by atoms with Crippen LogP contribution in [0.3, 0.4) is 0 Å². The van der Waals surface area contributed by atoms with Crippen LogP contribution in [0.1, 0.15) is 57.6 Å². The van der Waals surface area contributed by atoms with Gasteiger partial charge < -0.3 is 10.3 Å². The number of ketones is 1. The van der Waals surface area contributed by atoms with Gasteiger partial charge in [0.25, 0.3) is 5.91 Å². The molecule has 2 rings (SSSR count). The van der Waals surface area contributed by atoms with E-state index in [1.165, 1.54) is 6.92 Å². The number of carbonyl (C=O) groups excluding carboxylic acids is 2. The maximum Gasteiger partial charge on any atom is 0.268 e. The first-order chi connectivity index (χ1) is 9.91. The quantitative estimate of drug-likeness (QED) is 0.848. The summed E-state index contributed by atoms with van der Waals surface area (Å²) in [5, 5.41) is 2.91. The van der Waals surface area contributed by atoms with Gasteiger partial charge in [0, 0.05) is 23.7 Å². The Labute approximate surface area is 123 Å². The summed E-state index contributed by atoms with van der Waals surface area (Å²) in [7, 11) is 0. The number of nitrogens with zero attached hydrogens (tertiary/aromatic N) is 1. The molecule has 2 aromatic heterocycles. The average Bonchev–Trinajstić information content (AvgIpc) is 2.75. The highest BCUT2D eigenvalue weighted by molar-refractivity contribution is 6.02. The van der Waals surface area contributed by atoms with Crippen molar-refractivity contribution in [2.75, 3.05) is 0 Å². The standard InChI is InChI=1S/C16H19N3O2/c1-9-14(12(4)20)11(3)18-15(9)16(21)19-10(2)13-6-5-7-17-8-13/h5-8,10,18H,1-4H3,(H,19,21). The van der Waals surface area contributed by atoms with Crippen LogP contribution in [0.5, 0.6) is 0 Å². The lowest BCUT2D eigenvalue weighted by Gasteiger charge is -2.13. The molecule has 2 N–H and O–H groups in total. The Morgan fingerprint density at radius 3 is 2.57 bits per heavy atom. The molecule has 21 heavy (non-hydrogen) atoms. The molecular weight excluding hydrogens is 266 g/mol. The second kappa shape index (κ2) is 5.91. The van der Waals surface area contributed by atoms with Crippen molar-refractivity contribution in [2.24, 2.45) is 0 Å². The van der Waals surface area contributed by atoms with Crippen molar-refractivity contribution < 1.29 is 9.59 Å². The van der Waals surface area contributed by atoms with E-state index in [4.69, 9.17) is 0 Å². The molecule has 0 spiro atoms. The molecule has 0 aromatic carbocycles. The van der Waals surface area contributed by atoms with Crippen molar-refractivity contribution in [3.8, 4) is 0 Å². The molecule has 0 saturated heterocycles. The zero-order valence-corrected chi connectivity index (χ0v) is 12.7. The Morgan fingerprint density at radius 2 is 2.05 bits per heavy atom. The smallest absolute Gasteiger partial charge is 0.268 e. The molecule has 2 heterocycles. The minimum atomic E-state index is -0.223. The van der Waals surface area contributed by atoms with Crippen LogP contribution in [-0.4, -0.2) is 21.7 Å². The summed E-state index contributed by atoms with van der Waals surface area (Å²) in [6.07, 6.45) is 3.41. The summed E-state index contributed by atoms with van der Waals surface area (Å²) < 4.78 is 0. The fraction of sp³-hybridized carbons (Fsp3) is 0.312. The van der Waals surface area contributed by atoms with Crippen LogP contribution in [0.4, 0.5) is 0 Å². The van der Waals surface area contributed by atoms with Gasteiger partial charge in [0.05, 0.1) is 6.04 Å². The van der Waals surface area contributed by atoms with Gasteiger partial charge in [-0.3, -0.25) is 14.6 Å². The van der Waals surface area contributed by atoms with Crippen molar-refractivity contribution in [3.63, 3.8) is 0 Å². The number of rotatable bonds is 4. The summed E-state index contributed by atoms with van der Waals surface area (Å²) in [5.74, 6) is -0.264. The number of Topliss-reactive ketones (excluding diaryl/α,β-unsaturated/α-hetero) is 1. The molecule has 0 aliphatic heterocycles. The number of hydrogen-bond donors (Lipinski definition) is 2. The summed E-state index contributed by atoms with van der Waals surface area (Å²) in [5.41, 5.74) is 3.37. The van der Waals surface area contributed by atoms with Crippen molar-refractivity contribution in [1.29, 1.82) is 0 Å². The summed E-state index contributed by atoms with van der Waals surface area (Å²) in [6, 6.07) is 3.58. The lowest BCUT2D eigenvalue weighted by molar-refractivity contribution is 0.0934. The van der Waals surface area contributed by atoms with Gasteiger partial charge in [-0.15, -0.1) is 0 Å². The predicted molar refractivity (Wildman–Crippen MR) is 80.4 cm³/mol. The van der Waals surface area contributed by atoms with Gasteiger partial charge in [0.2, 0.25) is 0 Å². The minimum Gasteiger partial charge on any atom is -0.354 e. The number of aryl methyl sites for hydroxylation is 1. The van der Waals surface area contributed by atoms with Crippen LogP contribution >= 0.6 is 0 Å². The predicted octanol–water partition coefficient (Wildman–Crippen LogP) is 2.72. The number of nitrogens with one attached hydrogen (secondary N) is 2. The first kappa shape index (κ1) is 15.0. The zero-order valence-electron chi connectivity index (χ0n) is 12.7. The molecular formula is C16H19N3O2. The maximum absolute atomic E-state index is 12.4. The van der Waals surface area contributed by atoms with E-state index in [0.29, 0.717) is 16.8 Å². The third kappa shape index (κ3) is 3.02. The minimum absolute atomic E-state index is 0.0411. The summed E-state index contributed by atoms with van der Waals surface area (Å²) in [4.78, 5) is 31.0. The van der Waals surface area contributed by atoms with Crippen LogP contribution in [0.15, 0.2) is 24.5 Å². The number of carbonyl (C=O) groups is 2. The molecule has 2 aromatic rings. The molecule has 0 radical (unpaired) electrons. The van der Waals surface area contributed by atoms with Crippen LogP contribution in [0, 0.1) is 13.8 Å². The Balaban J connectivity index is 2.22. The first-order valence-electron chi connectivity index (χ1n) is 6.82. The Hall–Kier alpha value is -2.43. The highest BCUT2D eigenvalue weighted by Gasteiger charge is 2.21. The summed E-state index contributed by atoms with van der Waals surface area (Å²) in [6.45, 7) is 6.98. The van der Waals surface area contributed by atoms with E-state index in [2.05, 4.69) is 15.3 Å². The van der Waals surface area contributed by atoms with Gasteiger partial charge in [-0.05, 0) is 44.9 Å². The average molecular weight is 285 g/mol. The van der Waals surface area contributed by atoms with Gasteiger partial charge in [-0.1, -0.05) is 6.07 Å². The molecule has 5 nitrogen and oxygen atoms in total. The SMILES string of the molecule is CC(=O)c1c(C)[nH]c(C(=O)NC(C)c2cccnc2)c1C. The number of aromatic nitrogens is 2. The van der Waals surface area contributed by atoms with Crippen LogP contribution in [-0.2, 0) is 0 Å². The second-order valence-corrected chi connectivity index (χ2v) is 5.16. The van der Waals surface area contributed by atoms with E-state index in [0.717, 1.165) is 11.3 Å². The number of aromatic amines is 1. The highest BCUT2D eigenvalue weighted by Crippen LogP contribution is 2.19. The van der Waals surface area contributed by atoms with E-state index in [9.17, 15) is 9.59 Å². The van der Waals surface area contributed by atoms with Crippen molar-refractivity contribution >= 4 is 11.7 Å². The van der Waals surface area contributed by atoms with E-state index in [-0.39, 0.29) is 17.7 Å². The van der Waals surface area contributed by atoms with Gasteiger partial charge in [-0.2, -0.15) is 0 Å². The van der Waals surface area contributed by atoms with Crippen LogP contribution in [0.25, 0.3) is 0 Å². The van der Waals surface area contributed by atoms with Crippen molar-refractivity contribution in [2.45, 2.75) is 33.7 Å². The van der Waals surface area contributed by atoms with Gasteiger partial charge in [0.15, 0.2) is 5.78 Å². The molecule has 0 aliphatic rings. The maximum atomic E-state index is 12.4. The molecule has 0 aliphatic carbocycles. The molecule has 0 fully saturated rings. The van der Waals surface area contributed by atoms with Crippen molar-refractivity contribution in [3.05, 3.63) is 52.6 Å². The van der Waals surface area contributed by atoms with E-state index >= 15 is 0 Å². The Kier molecular flexibility index (Phi) is 4.21. The van der Waals surface area contributed by atoms with Gasteiger partial charge >= 0.3 is 0 Å². The molecule has 110 valence electrons. The molecule has 0 bridgehead atoms. The normalized spacial score (nSPS) is 12.0. The highest BCUT2D eigenvalue weighted by atomic mass is 16.2. The van der Waals surface area contributed by atoms with E-state index in [1.807, 2.05) is 19.1 Å². The third-order valence-electron chi connectivity index (χ3n) is 3.55. The lowest BCUT2D eigenvalue weighted by atomic mass is 10.1. The third-order valence-corrected chi connectivity index (χ3v) is 3.55. The van der Waals surface area contributed by atoms with E-state index < -0.39 is 0 Å². The number of pyridine rings is 1. The molecule has 5 heteroatoms. The van der Waals surface area contributed by atoms with E-state index in [1.54, 1.807) is 26.2 Å². The number of amides is 1. The number of hydrogen-bond acceptors (Lipinski definition) is 3.